The van der Waals surface area contributed by atoms with Gasteiger partial charge in [0.25, 0.3) is 0 Å². The molecule has 1 saturated carbocycles. The first-order chi connectivity index (χ1) is 9.79. The first-order valence-corrected chi connectivity index (χ1v) is 8.12. The Bertz CT molecular complexity index is 567. The van der Waals surface area contributed by atoms with Gasteiger partial charge in [0.05, 0.1) is 0 Å². The molecule has 0 spiro atoms. The average molecular weight is 330 g/mol. The van der Waals surface area contributed by atoms with Crippen molar-refractivity contribution in [2.45, 2.75) is 25.3 Å². The second-order valence-corrected chi connectivity index (χ2v) is 6.42. The van der Waals surface area contributed by atoms with Gasteiger partial charge in [-0.05, 0) is 48.1 Å². The van der Waals surface area contributed by atoms with Gasteiger partial charge < -0.3 is 5.32 Å². The normalized spacial score (nSPS) is 22.5. The molecule has 104 valence electrons. The minimum Gasteiger partial charge on any atom is -0.310 e. The van der Waals surface area contributed by atoms with Crippen LogP contribution in [0.1, 0.15) is 36.4 Å². The van der Waals surface area contributed by atoms with E-state index in [-0.39, 0.29) is 0 Å². The number of hydrogen-bond acceptors (Lipinski definition) is 1. The lowest BCUT2D eigenvalue weighted by Crippen LogP contribution is -2.23. The second-order valence-electron chi connectivity index (χ2n) is 5.51. The van der Waals surface area contributed by atoms with Crippen LogP contribution >= 0.6 is 15.9 Å². The van der Waals surface area contributed by atoms with Crippen LogP contribution in [0.15, 0.2) is 59.1 Å². The highest BCUT2D eigenvalue weighted by Crippen LogP contribution is 2.54. The molecule has 2 aromatic rings. The van der Waals surface area contributed by atoms with Crippen molar-refractivity contribution in [3.05, 3.63) is 70.2 Å². The Morgan fingerprint density at radius 3 is 2.65 bits per heavy atom. The van der Waals surface area contributed by atoms with E-state index in [1.807, 2.05) is 0 Å². The zero-order valence-electron chi connectivity index (χ0n) is 11.7. The fraction of sp³-hybridized carbons (Fsp3) is 0.333. The predicted octanol–water partition coefficient (Wildman–Crippen LogP) is 4.90. The van der Waals surface area contributed by atoms with Crippen LogP contribution in [0.3, 0.4) is 0 Å². The van der Waals surface area contributed by atoms with Crippen LogP contribution < -0.4 is 5.32 Å². The lowest BCUT2D eigenvalue weighted by Gasteiger charge is -2.19. The van der Waals surface area contributed by atoms with Crippen molar-refractivity contribution in [2.24, 2.45) is 5.92 Å². The fourth-order valence-corrected chi connectivity index (χ4v) is 3.52. The van der Waals surface area contributed by atoms with Gasteiger partial charge in [-0.25, -0.2) is 0 Å². The minimum atomic E-state index is 0.461. The molecule has 1 aliphatic rings. The molecule has 3 unspecified atom stereocenters. The fourth-order valence-electron chi connectivity index (χ4n) is 3.10. The standard InChI is InChI=1S/C18H20BrN/c1-2-20-18(14-9-6-10-15(19)11-14)17-12-16(17)13-7-4-3-5-8-13/h3-11,16-18,20H,2,12H2,1H3. The van der Waals surface area contributed by atoms with E-state index in [4.69, 9.17) is 0 Å². The molecule has 1 nitrogen and oxygen atoms in total. The van der Waals surface area contributed by atoms with Gasteiger partial charge in [-0.2, -0.15) is 0 Å². The van der Waals surface area contributed by atoms with Crippen LogP contribution in [0.2, 0.25) is 0 Å². The Morgan fingerprint density at radius 2 is 1.95 bits per heavy atom. The largest absolute Gasteiger partial charge is 0.310 e. The molecule has 3 rings (SSSR count). The van der Waals surface area contributed by atoms with Gasteiger partial charge in [0, 0.05) is 10.5 Å². The zero-order chi connectivity index (χ0) is 13.9. The van der Waals surface area contributed by atoms with E-state index in [1.54, 1.807) is 0 Å². The van der Waals surface area contributed by atoms with Crippen LogP contribution in [0.25, 0.3) is 0 Å². The summed E-state index contributed by atoms with van der Waals surface area (Å²) in [5, 5.41) is 3.67. The molecule has 2 aromatic carbocycles. The van der Waals surface area contributed by atoms with Crippen molar-refractivity contribution in [1.82, 2.24) is 5.32 Å². The third-order valence-electron chi connectivity index (χ3n) is 4.13. The number of halogens is 1. The number of hydrogen-bond donors (Lipinski definition) is 1. The van der Waals surface area contributed by atoms with Gasteiger partial charge in [-0.1, -0.05) is 65.3 Å². The summed E-state index contributed by atoms with van der Waals surface area (Å²) in [6.45, 7) is 3.19. The topological polar surface area (TPSA) is 12.0 Å². The van der Waals surface area contributed by atoms with Crippen LogP contribution in [0, 0.1) is 5.92 Å². The molecule has 0 aromatic heterocycles. The summed E-state index contributed by atoms with van der Waals surface area (Å²) in [6.07, 6.45) is 1.29. The van der Waals surface area contributed by atoms with Crippen molar-refractivity contribution in [3.63, 3.8) is 0 Å². The lowest BCUT2D eigenvalue weighted by molar-refractivity contribution is 0.487. The number of benzene rings is 2. The summed E-state index contributed by atoms with van der Waals surface area (Å²) in [5.74, 6) is 1.42. The van der Waals surface area contributed by atoms with E-state index in [2.05, 4.69) is 82.8 Å². The summed E-state index contributed by atoms with van der Waals surface area (Å²) in [6, 6.07) is 20.1. The zero-order valence-corrected chi connectivity index (χ0v) is 13.3. The molecule has 1 aliphatic carbocycles. The third kappa shape index (κ3) is 2.97. The van der Waals surface area contributed by atoms with Crippen molar-refractivity contribution < 1.29 is 0 Å². The van der Waals surface area contributed by atoms with Gasteiger partial charge in [0.1, 0.15) is 0 Å². The lowest BCUT2D eigenvalue weighted by atomic mass is 9.99. The SMILES string of the molecule is CCNC(c1cccc(Br)c1)C1CC1c1ccccc1. The smallest absolute Gasteiger partial charge is 0.0355 e. The molecule has 0 radical (unpaired) electrons. The van der Waals surface area contributed by atoms with E-state index < -0.39 is 0 Å². The van der Waals surface area contributed by atoms with E-state index in [0.29, 0.717) is 17.9 Å². The monoisotopic (exact) mass is 329 g/mol. The number of rotatable bonds is 5. The molecule has 0 bridgehead atoms. The number of nitrogens with one attached hydrogen (secondary N) is 1. The first-order valence-electron chi connectivity index (χ1n) is 7.33. The summed E-state index contributed by atoms with van der Waals surface area (Å²) in [5.41, 5.74) is 2.88. The van der Waals surface area contributed by atoms with Crippen molar-refractivity contribution in [1.29, 1.82) is 0 Å². The van der Waals surface area contributed by atoms with Crippen molar-refractivity contribution >= 4 is 15.9 Å². The summed E-state index contributed by atoms with van der Waals surface area (Å²) in [7, 11) is 0. The van der Waals surface area contributed by atoms with Gasteiger partial charge in [0.15, 0.2) is 0 Å². The quantitative estimate of drug-likeness (QED) is 0.822. The Morgan fingerprint density at radius 1 is 1.15 bits per heavy atom. The summed E-state index contributed by atoms with van der Waals surface area (Å²) >= 11 is 3.58. The van der Waals surface area contributed by atoms with E-state index in [9.17, 15) is 0 Å². The van der Waals surface area contributed by atoms with Crippen molar-refractivity contribution in [2.75, 3.05) is 6.54 Å². The molecule has 0 aliphatic heterocycles. The molecular formula is C18H20BrN. The van der Waals surface area contributed by atoms with Gasteiger partial charge in [0.2, 0.25) is 0 Å². The van der Waals surface area contributed by atoms with Crippen LogP contribution in [0.5, 0.6) is 0 Å². The molecule has 0 saturated heterocycles. The molecule has 0 amide bonds. The highest BCUT2D eigenvalue weighted by Gasteiger charge is 2.43. The molecule has 2 heteroatoms. The molecule has 20 heavy (non-hydrogen) atoms. The molecule has 3 atom stereocenters. The Hall–Kier alpha value is -1.12. The Labute approximate surface area is 129 Å². The molecule has 1 fully saturated rings. The predicted molar refractivity (Wildman–Crippen MR) is 87.8 cm³/mol. The van der Waals surface area contributed by atoms with Crippen molar-refractivity contribution in [3.8, 4) is 0 Å². The van der Waals surface area contributed by atoms with Crippen LogP contribution in [0.4, 0.5) is 0 Å². The summed E-state index contributed by atoms with van der Waals surface area (Å²) < 4.78 is 1.16. The van der Waals surface area contributed by atoms with Crippen LogP contribution in [-0.2, 0) is 0 Å². The van der Waals surface area contributed by atoms with E-state index >= 15 is 0 Å². The Balaban J connectivity index is 1.80. The summed E-state index contributed by atoms with van der Waals surface area (Å²) in [4.78, 5) is 0. The van der Waals surface area contributed by atoms with Gasteiger partial charge in [-0.3, -0.25) is 0 Å². The van der Waals surface area contributed by atoms with Gasteiger partial charge in [-0.15, -0.1) is 0 Å². The van der Waals surface area contributed by atoms with E-state index in [1.165, 1.54) is 17.5 Å². The molecule has 0 heterocycles. The molecule has 1 N–H and O–H groups in total. The second kappa shape index (κ2) is 6.11. The van der Waals surface area contributed by atoms with E-state index in [0.717, 1.165) is 11.0 Å². The molecular weight excluding hydrogens is 310 g/mol. The Kier molecular flexibility index (Phi) is 4.23. The average Bonchev–Trinajstić information content (AvgIpc) is 3.26. The van der Waals surface area contributed by atoms with Gasteiger partial charge >= 0.3 is 0 Å². The maximum atomic E-state index is 3.67. The maximum Gasteiger partial charge on any atom is 0.0355 e. The highest BCUT2D eigenvalue weighted by atomic mass is 79.9. The minimum absolute atomic E-state index is 0.461. The van der Waals surface area contributed by atoms with Crippen LogP contribution in [-0.4, -0.2) is 6.54 Å². The maximum absolute atomic E-state index is 3.67. The highest BCUT2D eigenvalue weighted by molar-refractivity contribution is 9.10. The first kappa shape index (κ1) is 13.8. The third-order valence-corrected chi connectivity index (χ3v) is 4.62.